The summed E-state index contributed by atoms with van der Waals surface area (Å²) in [5.74, 6) is 0. The lowest BCUT2D eigenvalue weighted by molar-refractivity contribution is 0.175. The van der Waals surface area contributed by atoms with Crippen LogP contribution >= 0.6 is 11.8 Å². The molecule has 0 atom stereocenters. The first-order valence-electron chi connectivity index (χ1n) is 4.04. The molecular weight excluding hydrogens is 200 g/mol. The Labute approximate surface area is 86.8 Å². The maximum Gasteiger partial charge on any atom is 0.315 e. The van der Waals surface area contributed by atoms with Gasteiger partial charge in [-0.2, -0.15) is 5.12 Å². The van der Waals surface area contributed by atoms with Gasteiger partial charge >= 0.3 is 5.24 Å². The molecule has 0 aliphatic rings. The largest absolute Gasteiger partial charge is 0.315 e. The average Bonchev–Trinajstić information content (AvgIpc) is 2.21. The number of hydrazine groups is 2. The molecule has 0 radical (unpaired) electrons. The number of carbonyl (C=O) groups excluding carboxylic acids is 1. The Balaban J connectivity index is 2.57. The molecule has 0 saturated carbocycles. The third-order valence-corrected chi connectivity index (χ3v) is 2.30. The topological polar surface area (TPSA) is 57.3 Å². The second-order valence-electron chi connectivity index (χ2n) is 2.34. The van der Waals surface area contributed by atoms with Crippen LogP contribution in [0, 0.1) is 0 Å². The molecular formula is C8H12N4OS. The van der Waals surface area contributed by atoms with Crippen LogP contribution in [0.15, 0.2) is 29.4 Å². The average molecular weight is 212 g/mol. The molecule has 1 amide bonds. The zero-order chi connectivity index (χ0) is 10.4. The smallest absolute Gasteiger partial charge is 0.264 e. The minimum absolute atomic E-state index is 0.136. The fourth-order valence-corrected chi connectivity index (χ4v) is 1.58. The van der Waals surface area contributed by atoms with Gasteiger partial charge < -0.3 is 0 Å². The van der Waals surface area contributed by atoms with Gasteiger partial charge in [0.15, 0.2) is 0 Å². The van der Waals surface area contributed by atoms with E-state index in [-0.39, 0.29) is 5.24 Å². The Morgan fingerprint density at radius 2 is 2.21 bits per heavy atom. The van der Waals surface area contributed by atoms with Gasteiger partial charge in [-0.25, -0.2) is 10.9 Å². The highest BCUT2D eigenvalue weighted by atomic mass is 32.2. The number of nitrogens with zero attached hydrogens (tertiary/aromatic N) is 2. The van der Waals surface area contributed by atoms with Crippen molar-refractivity contribution in [2.45, 2.75) is 4.90 Å². The monoisotopic (exact) mass is 212 g/mol. The summed E-state index contributed by atoms with van der Waals surface area (Å²) in [5, 5.41) is 1.15. The van der Waals surface area contributed by atoms with Crippen molar-refractivity contribution in [3.8, 4) is 0 Å². The number of carbonyl (C=O) groups is 1. The van der Waals surface area contributed by atoms with E-state index >= 15 is 0 Å². The van der Waals surface area contributed by atoms with Gasteiger partial charge in [0.2, 0.25) is 0 Å². The number of amides is 1. The first kappa shape index (κ1) is 11.0. The summed E-state index contributed by atoms with van der Waals surface area (Å²) in [6, 6.07) is 3.62. The number of nitrogens with one attached hydrogen (secondary N) is 2. The minimum Gasteiger partial charge on any atom is -0.264 e. The van der Waals surface area contributed by atoms with Crippen molar-refractivity contribution in [3.05, 3.63) is 24.5 Å². The zero-order valence-electron chi connectivity index (χ0n) is 8.02. The van der Waals surface area contributed by atoms with E-state index in [2.05, 4.69) is 15.8 Å². The lowest BCUT2D eigenvalue weighted by Gasteiger charge is -2.18. The molecule has 1 heterocycles. The fraction of sp³-hybridized carbons (Fsp3) is 0.250. The van der Waals surface area contributed by atoms with Gasteiger partial charge in [0, 0.05) is 31.4 Å². The van der Waals surface area contributed by atoms with Crippen molar-refractivity contribution < 1.29 is 4.79 Å². The third-order valence-electron chi connectivity index (χ3n) is 1.47. The van der Waals surface area contributed by atoms with Crippen LogP contribution in [-0.2, 0) is 0 Å². The molecule has 0 unspecified atom stereocenters. The predicted molar refractivity (Wildman–Crippen MR) is 55.4 cm³/mol. The van der Waals surface area contributed by atoms with Crippen molar-refractivity contribution in [1.82, 2.24) is 21.0 Å². The number of rotatable bonds is 3. The number of aromatic nitrogens is 1. The standard InChI is InChI=1S/C8H12N4OS/c1-9-12(10-2)8(13)14-7-4-3-5-11-6-7/h3-6,9-10H,1-2H3. The number of hydrogen-bond donors (Lipinski definition) is 2. The molecule has 0 aromatic carbocycles. The maximum absolute atomic E-state index is 11.5. The minimum atomic E-state index is -0.136. The second-order valence-corrected chi connectivity index (χ2v) is 3.36. The molecule has 5 nitrogen and oxygen atoms in total. The van der Waals surface area contributed by atoms with E-state index < -0.39 is 0 Å². The molecule has 0 fully saturated rings. The molecule has 0 aliphatic carbocycles. The normalized spacial score (nSPS) is 9.86. The molecule has 0 saturated heterocycles. The lowest BCUT2D eigenvalue weighted by Crippen LogP contribution is -2.46. The van der Waals surface area contributed by atoms with Crippen molar-refractivity contribution >= 4 is 17.0 Å². The van der Waals surface area contributed by atoms with E-state index in [1.807, 2.05) is 6.07 Å². The highest BCUT2D eigenvalue weighted by Crippen LogP contribution is 2.18. The van der Waals surface area contributed by atoms with Crippen LogP contribution in [-0.4, -0.2) is 29.4 Å². The van der Waals surface area contributed by atoms with Crippen molar-refractivity contribution in [2.24, 2.45) is 0 Å². The molecule has 1 aromatic rings. The lowest BCUT2D eigenvalue weighted by atomic mass is 10.5. The van der Waals surface area contributed by atoms with E-state index in [1.54, 1.807) is 32.6 Å². The summed E-state index contributed by atoms with van der Waals surface area (Å²) in [6.45, 7) is 0. The first-order chi connectivity index (χ1) is 6.77. The highest BCUT2D eigenvalue weighted by molar-refractivity contribution is 8.13. The van der Waals surface area contributed by atoms with Crippen LogP contribution in [0.4, 0.5) is 4.79 Å². The second kappa shape index (κ2) is 5.58. The zero-order valence-corrected chi connectivity index (χ0v) is 8.84. The van der Waals surface area contributed by atoms with E-state index in [0.717, 1.165) is 16.7 Å². The number of pyridine rings is 1. The predicted octanol–water partition coefficient (Wildman–Crippen LogP) is 0.865. The van der Waals surface area contributed by atoms with Crippen molar-refractivity contribution in [2.75, 3.05) is 14.1 Å². The summed E-state index contributed by atoms with van der Waals surface area (Å²) in [4.78, 5) is 16.2. The molecule has 1 rings (SSSR count). The SMILES string of the molecule is CNN(NC)C(=O)Sc1cccnc1. The van der Waals surface area contributed by atoms with Crippen LogP contribution in [0.1, 0.15) is 0 Å². The van der Waals surface area contributed by atoms with Crippen LogP contribution < -0.4 is 10.9 Å². The molecule has 14 heavy (non-hydrogen) atoms. The Morgan fingerprint density at radius 3 is 2.71 bits per heavy atom. The van der Waals surface area contributed by atoms with Gasteiger partial charge in [0.25, 0.3) is 0 Å². The van der Waals surface area contributed by atoms with Gasteiger partial charge in [-0.15, -0.1) is 0 Å². The van der Waals surface area contributed by atoms with Gasteiger partial charge in [-0.1, -0.05) is 0 Å². The van der Waals surface area contributed by atoms with Crippen molar-refractivity contribution in [1.29, 1.82) is 0 Å². The first-order valence-corrected chi connectivity index (χ1v) is 4.86. The van der Waals surface area contributed by atoms with E-state index in [1.165, 1.54) is 5.12 Å². The van der Waals surface area contributed by atoms with Crippen LogP contribution in [0.2, 0.25) is 0 Å². The Hall–Kier alpha value is -1.11. The van der Waals surface area contributed by atoms with Crippen molar-refractivity contribution in [3.63, 3.8) is 0 Å². The summed E-state index contributed by atoms with van der Waals surface area (Å²) in [6.07, 6.45) is 3.31. The summed E-state index contributed by atoms with van der Waals surface area (Å²) < 4.78 is 0. The molecule has 0 spiro atoms. The van der Waals surface area contributed by atoms with Crippen LogP contribution in [0.3, 0.4) is 0 Å². The van der Waals surface area contributed by atoms with E-state index in [9.17, 15) is 4.79 Å². The van der Waals surface area contributed by atoms with Crippen LogP contribution in [0.25, 0.3) is 0 Å². The molecule has 1 aromatic heterocycles. The summed E-state index contributed by atoms with van der Waals surface area (Å²) in [7, 11) is 3.33. The maximum atomic E-state index is 11.5. The Kier molecular flexibility index (Phi) is 4.37. The molecule has 0 aliphatic heterocycles. The highest BCUT2D eigenvalue weighted by Gasteiger charge is 2.11. The quantitative estimate of drug-likeness (QED) is 0.575. The van der Waals surface area contributed by atoms with Gasteiger partial charge in [0.05, 0.1) is 0 Å². The van der Waals surface area contributed by atoms with Gasteiger partial charge in [0.1, 0.15) is 0 Å². The summed E-state index contributed by atoms with van der Waals surface area (Å²) in [5.41, 5.74) is 5.41. The molecule has 76 valence electrons. The molecule has 6 heteroatoms. The van der Waals surface area contributed by atoms with Crippen LogP contribution in [0.5, 0.6) is 0 Å². The Bertz CT molecular complexity index is 289. The number of hydrogen-bond acceptors (Lipinski definition) is 5. The van der Waals surface area contributed by atoms with Gasteiger partial charge in [-0.05, 0) is 23.9 Å². The summed E-state index contributed by atoms with van der Waals surface area (Å²) >= 11 is 1.10. The Morgan fingerprint density at radius 1 is 1.50 bits per heavy atom. The fourth-order valence-electron chi connectivity index (χ4n) is 0.848. The third kappa shape index (κ3) is 2.99. The molecule has 0 bridgehead atoms. The number of thioether (sulfide) groups is 1. The van der Waals surface area contributed by atoms with E-state index in [4.69, 9.17) is 0 Å². The van der Waals surface area contributed by atoms with Gasteiger partial charge in [-0.3, -0.25) is 9.78 Å². The van der Waals surface area contributed by atoms with E-state index in [0.29, 0.717) is 0 Å². The molecule has 2 N–H and O–H groups in total.